The molecule has 1 atom stereocenters. The van der Waals surface area contributed by atoms with Gasteiger partial charge in [0.25, 0.3) is 0 Å². The molecule has 1 aliphatic rings. The van der Waals surface area contributed by atoms with Gasteiger partial charge in [0, 0.05) is 13.1 Å². The maximum atomic E-state index is 11.3. The fourth-order valence-corrected chi connectivity index (χ4v) is 3.30. The van der Waals surface area contributed by atoms with Crippen LogP contribution in [-0.2, 0) is 11.2 Å². The fourth-order valence-electron chi connectivity index (χ4n) is 2.46. The van der Waals surface area contributed by atoms with Gasteiger partial charge in [-0.05, 0) is 48.3 Å². The zero-order valence-corrected chi connectivity index (χ0v) is 14.2. The molecule has 2 heterocycles. The van der Waals surface area contributed by atoms with E-state index in [-0.39, 0.29) is 0 Å². The highest BCUT2D eigenvalue weighted by atomic mass is 127. The van der Waals surface area contributed by atoms with E-state index in [9.17, 15) is 9.90 Å². The zero-order valence-electron chi connectivity index (χ0n) is 12.1. The maximum absolute atomic E-state index is 11.3. The van der Waals surface area contributed by atoms with Crippen molar-refractivity contribution in [2.75, 3.05) is 18.0 Å². The van der Waals surface area contributed by atoms with Gasteiger partial charge in [-0.25, -0.2) is 9.97 Å². The van der Waals surface area contributed by atoms with Gasteiger partial charge >= 0.3 is 5.97 Å². The molecular weight excluding hydrogens is 369 g/mol. The second kappa shape index (κ2) is 5.83. The Kier molecular flexibility index (Phi) is 4.51. The summed E-state index contributed by atoms with van der Waals surface area (Å²) < 4.78 is 1.05. The third-order valence-electron chi connectivity index (χ3n) is 3.73. The number of aliphatic carboxylic acids is 1. The molecular formula is C14H20IN3O2. The summed E-state index contributed by atoms with van der Waals surface area (Å²) in [6, 6.07) is 0. The van der Waals surface area contributed by atoms with E-state index in [1.165, 1.54) is 0 Å². The standard InChI is InChI=1S/C14H20IN3O2/c1-9(2)6-10-11(15)12(17-8-16-10)18-5-4-14(3,7-18)13(19)20/h8-9H,4-7H2,1-3H3,(H,19,20). The van der Waals surface area contributed by atoms with E-state index in [0.717, 1.165) is 28.0 Å². The molecule has 1 N–H and O–H groups in total. The van der Waals surface area contributed by atoms with Gasteiger partial charge in [0.1, 0.15) is 12.1 Å². The number of hydrogen-bond donors (Lipinski definition) is 1. The third kappa shape index (κ3) is 3.05. The molecule has 0 amide bonds. The van der Waals surface area contributed by atoms with Crippen molar-refractivity contribution in [3.05, 3.63) is 15.6 Å². The molecule has 5 nitrogen and oxygen atoms in total. The smallest absolute Gasteiger partial charge is 0.311 e. The highest BCUT2D eigenvalue weighted by molar-refractivity contribution is 14.1. The first-order valence-corrected chi connectivity index (χ1v) is 7.89. The van der Waals surface area contributed by atoms with Crippen LogP contribution in [0.15, 0.2) is 6.33 Å². The van der Waals surface area contributed by atoms with E-state index in [4.69, 9.17) is 0 Å². The van der Waals surface area contributed by atoms with Gasteiger partial charge in [-0.3, -0.25) is 4.79 Å². The summed E-state index contributed by atoms with van der Waals surface area (Å²) in [5.41, 5.74) is 0.376. The average Bonchev–Trinajstić information content (AvgIpc) is 2.75. The van der Waals surface area contributed by atoms with E-state index in [2.05, 4.69) is 51.3 Å². The largest absolute Gasteiger partial charge is 0.481 e. The van der Waals surface area contributed by atoms with Gasteiger partial charge < -0.3 is 10.0 Å². The van der Waals surface area contributed by atoms with Gasteiger partial charge in [-0.2, -0.15) is 0 Å². The van der Waals surface area contributed by atoms with E-state index in [1.54, 1.807) is 13.3 Å². The fraction of sp³-hybridized carbons (Fsp3) is 0.643. The molecule has 0 bridgehead atoms. The Morgan fingerprint density at radius 1 is 1.55 bits per heavy atom. The molecule has 1 aromatic rings. The van der Waals surface area contributed by atoms with Crippen molar-refractivity contribution in [2.24, 2.45) is 11.3 Å². The van der Waals surface area contributed by atoms with Gasteiger partial charge in [0.05, 0.1) is 14.7 Å². The van der Waals surface area contributed by atoms with Gasteiger partial charge in [-0.15, -0.1) is 0 Å². The SMILES string of the molecule is CC(C)Cc1ncnc(N2CCC(C)(C(=O)O)C2)c1I. The molecule has 1 aromatic heterocycles. The lowest BCUT2D eigenvalue weighted by Gasteiger charge is -2.22. The predicted octanol–water partition coefficient (Wildman–Crippen LogP) is 2.58. The molecule has 0 aliphatic carbocycles. The predicted molar refractivity (Wildman–Crippen MR) is 85.9 cm³/mol. The van der Waals surface area contributed by atoms with Crippen LogP contribution in [0.4, 0.5) is 5.82 Å². The number of anilines is 1. The lowest BCUT2D eigenvalue weighted by Crippen LogP contribution is -2.32. The Hall–Kier alpha value is -0.920. The van der Waals surface area contributed by atoms with Gasteiger partial charge in [0.2, 0.25) is 0 Å². The van der Waals surface area contributed by atoms with E-state index in [1.807, 2.05) is 0 Å². The molecule has 0 saturated carbocycles. The Balaban J connectivity index is 2.24. The molecule has 1 fully saturated rings. The highest BCUT2D eigenvalue weighted by Gasteiger charge is 2.41. The summed E-state index contributed by atoms with van der Waals surface area (Å²) in [5.74, 6) is 0.682. The van der Waals surface area contributed by atoms with Crippen LogP contribution in [0.2, 0.25) is 0 Å². The number of carbonyl (C=O) groups is 1. The minimum Gasteiger partial charge on any atom is -0.481 e. The van der Waals surface area contributed by atoms with Crippen LogP contribution >= 0.6 is 22.6 Å². The van der Waals surface area contributed by atoms with E-state index in [0.29, 0.717) is 18.9 Å². The Bertz CT molecular complexity index is 521. The lowest BCUT2D eigenvalue weighted by molar-refractivity contribution is -0.146. The van der Waals surface area contributed by atoms with Crippen molar-refractivity contribution in [3.63, 3.8) is 0 Å². The molecule has 0 aromatic carbocycles. The summed E-state index contributed by atoms with van der Waals surface area (Å²) in [6.45, 7) is 7.37. The molecule has 110 valence electrons. The first kappa shape index (κ1) is 15.5. The van der Waals surface area contributed by atoms with Crippen molar-refractivity contribution >= 4 is 34.4 Å². The lowest BCUT2D eigenvalue weighted by atomic mass is 9.90. The molecule has 1 aliphatic heterocycles. The topological polar surface area (TPSA) is 66.3 Å². The first-order chi connectivity index (χ1) is 9.33. The molecule has 2 rings (SSSR count). The minimum absolute atomic E-state index is 0.510. The molecule has 6 heteroatoms. The summed E-state index contributed by atoms with van der Waals surface area (Å²) in [7, 11) is 0. The van der Waals surface area contributed by atoms with E-state index >= 15 is 0 Å². The zero-order chi connectivity index (χ0) is 14.9. The van der Waals surface area contributed by atoms with Crippen LogP contribution in [0, 0.1) is 14.9 Å². The molecule has 20 heavy (non-hydrogen) atoms. The summed E-state index contributed by atoms with van der Waals surface area (Å²) in [6.07, 6.45) is 3.16. The Morgan fingerprint density at radius 2 is 2.25 bits per heavy atom. The van der Waals surface area contributed by atoms with Gasteiger partial charge in [0.15, 0.2) is 0 Å². The van der Waals surface area contributed by atoms with Crippen LogP contribution in [-0.4, -0.2) is 34.1 Å². The van der Waals surface area contributed by atoms with Crippen LogP contribution in [0.1, 0.15) is 32.9 Å². The summed E-state index contributed by atoms with van der Waals surface area (Å²) >= 11 is 2.28. The van der Waals surface area contributed by atoms with Crippen molar-refractivity contribution < 1.29 is 9.90 Å². The highest BCUT2D eigenvalue weighted by Crippen LogP contribution is 2.35. The van der Waals surface area contributed by atoms with E-state index < -0.39 is 11.4 Å². The number of hydrogen-bond acceptors (Lipinski definition) is 4. The molecule has 1 saturated heterocycles. The molecule has 0 radical (unpaired) electrons. The molecule has 1 unspecified atom stereocenters. The number of aromatic nitrogens is 2. The minimum atomic E-state index is -0.730. The normalized spacial score (nSPS) is 22.6. The number of carboxylic acids is 1. The number of halogens is 1. The number of nitrogens with zero attached hydrogens (tertiary/aromatic N) is 3. The quantitative estimate of drug-likeness (QED) is 0.802. The monoisotopic (exact) mass is 389 g/mol. The second-order valence-electron chi connectivity index (χ2n) is 6.09. The number of carboxylic acid groups (broad SMARTS) is 1. The maximum Gasteiger partial charge on any atom is 0.311 e. The Morgan fingerprint density at radius 3 is 2.80 bits per heavy atom. The van der Waals surface area contributed by atoms with Crippen LogP contribution in [0.5, 0.6) is 0 Å². The van der Waals surface area contributed by atoms with Crippen molar-refractivity contribution in [2.45, 2.75) is 33.6 Å². The van der Waals surface area contributed by atoms with Crippen LogP contribution in [0.25, 0.3) is 0 Å². The van der Waals surface area contributed by atoms with Crippen LogP contribution in [0.3, 0.4) is 0 Å². The van der Waals surface area contributed by atoms with Crippen molar-refractivity contribution in [1.29, 1.82) is 0 Å². The van der Waals surface area contributed by atoms with Gasteiger partial charge in [-0.1, -0.05) is 13.8 Å². The summed E-state index contributed by atoms with van der Waals surface area (Å²) in [5, 5.41) is 9.32. The Labute approximate surface area is 132 Å². The third-order valence-corrected chi connectivity index (χ3v) is 4.84. The molecule has 0 spiro atoms. The second-order valence-corrected chi connectivity index (χ2v) is 7.17. The average molecular weight is 389 g/mol. The first-order valence-electron chi connectivity index (χ1n) is 6.81. The number of rotatable bonds is 4. The summed E-state index contributed by atoms with van der Waals surface area (Å²) in [4.78, 5) is 22.1. The van der Waals surface area contributed by atoms with Crippen LogP contribution < -0.4 is 4.90 Å². The van der Waals surface area contributed by atoms with Crippen molar-refractivity contribution in [1.82, 2.24) is 9.97 Å². The van der Waals surface area contributed by atoms with Crippen molar-refractivity contribution in [3.8, 4) is 0 Å².